The predicted molar refractivity (Wildman–Crippen MR) is 112 cm³/mol. The lowest BCUT2D eigenvalue weighted by molar-refractivity contribution is -0.116. The first-order valence-electron chi connectivity index (χ1n) is 10.00. The number of carbonyl (C=O) groups is 1. The maximum absolute atomic E-state index is 12.9. The highest BCUT2D eigenvalue weighted by Crippen LogP contribution is 2.39. The van der Waals surface area contributed by atoms with Crippen LogP contribution in [0.2, 0.25) is 0 Å². The fraction of sp³-hybridized carbons (Fsp3) is 0.429. The summed E-state index contributed by atoms with van der Waals surface area (Å²) in [5.74, 6) is -0.0624. The summed E-state index contributed by atoms with van der Waals surface area (Å²) >= 11 is 0. The molecule has 1 unspecified atom stereocenters. The van der Waals surface area contributed by atoms with Crippen LogP contribution in [-0.4, -0.2) is 45.9 Å². The van der Waals surface area contributed by atoms with Crippen molar-refractivity contribution in [2.45, 2.75) is 39.2 Å². The molecular formula is C21H26N6O2. The number of methoxy groups -OCH3 is 1. The van der Waals surface area contributed by atoms with Crippen LogP contribution >= 0.6 is 0 Å². The van der Waals surface area contributed by atoms with Crippen molar-refractivity contribution in [2.75, 3.05) is 30.9 Å². The largest absolute Gasteiger partial charge is 0.385 e. The van der Waals surface area contributed by atoms with E-state index in [0.29, 0.717) is 30.4 Å². The molecule has 29 heavy (non-hydrogen) atoms. The number of aryl methyl sites for hydroxylation is 2. The quantitative estimate of drug-likeness (QED) is 0.570. The minimum atomic E-state index is -0.478. The lowest BCUT2D eigenvalue weighted by atomic mass is 9.94. The normalized spacial score (nSPS) is 15.6. The van der Waals surface area contributed by atoms with E-state index < -0.39 is 5.92 Å². The van der Waals surface area contributed by atoms with Gasteiger partial charge in [0.25, 0.3) is 0 Å². The SMILES string of the molecule is CCCn1cc2c(C3C(=O)Nc4ccc(C)cc43)nc(NCCCOC)nc2n1. The van der Waals surface area contributed by atoms with Gasteiger partial charge >= 0.3 is 0 Å². The molecule has 4 rings (SSSR count). The topological polar surface area (TPSA) is 94.0 Å². The molecular weight excluding hydrogens is 368 g/mol. The molecule has 2 N–H and O–H groups in total. The third-order valence-electron chi connectivity index (χ3n) is 5.03. The molecule has 3 aromatic rings. The molecule has 8 nitrogen and oxygen atoms in total. The molecule has 0 radical (unpaired) electrons. The van der Waals surface area contributed by atoms with Gasteiger partial charge < -0.3 is 15.4 Å². The molecule has 2 aromatic heterocycles. The molecule has 1 aromatic carbocycles. The van der Waals surface area contributed by atoms with Crippen molar-refractivity contribution in [3.63, 3.8) is 0 Å². The number of aromatic nitrogens is 4. The Bertz CT molecular complexity index is 1050. The van der Waals surface area contributed by atoms with Crippen LogP contribution in [0.1, 0.15) is 42.5 Å². The summed E-state index contributed by atoms with van der Waals surface area (Å²) in [6.45, 7) is 6.26. The second kappa shape index (κ2) is 8.16. The molecule has 1 aliphatic rings. The van der Waals surface area contributed by atoms with E-state index in [-0.39, 0.29) is 5.91 Å². The molecule has 0 saturated heterocycles. The molecule has 0 aliphatic carbocycles. The molecule has 8 heteroatoms. The Labute approximate surface area is 169 Å². The van der Waals surface area contributed by atoms with E-state index in [4.69, 9.17) is 9.72 Å². The van der Waals surface area contributed by atoms with Crippen molar-refractivity contribution in [1.29, 1.82) is 0 Å². The van der Waals surface area contributed by atoms with Gasteiger partial charge in [0.05, 0.1) is 11.1 Å². The summed E-state index contributed by atoms with van der Waals surface area (Å²) in [5, 5.41) is 11.7. The summed E-state index contributed by atoms with van der Waals surface area (Å²) in [6, 6.07) is 6.00. The maximum atomic E-state index is 12.9. The van der Waals surface area contributed by atoms with Gasteiger partial charge in [-0.1, -0.05) is 24.6 Å². The number of anilines is 2. The smallest absolute Gasteiger partial charge is 0.238 e. The summed E-state index contributed by atoms with van der Waals surface area (Å²) in [4.78, 5) is 22.2. The average molecular weight is 394 g/mol. The summed E-state index contributed by atoms with van der Waals surface area (Å²) < 4.78 is 6.98. The molecule has 0 fully saturated rings. The van der Waals surface area contributed by atoms with Crippen LogP contribution in [0.15, 0.2) is 24.4 Å². The fourth-order valence-electron chi connectivity index (χ4n) is 3.69. The highest BCUT2D eigenvalue weighted by atomic mass is 16.5. The van der Waals surface area contributed by atoms with Crippen LogP contribution in [0.3, 0.4) is 0 Å². The average Bonchev–Trinajstić information content (AvgIpc) is 3.24. The molecule has 0 bridgehead atoms. The van der Waals surface area contributed by atoms with Gasteiger partial charge in [-0.05, 0) is 31.4 Å². The molecule has 0 saturated carbocycles. The Hall–Kier alpha value is -3.00. The minimum Gasteiger partial charge on any atom is -0.385 e. The number of nitrogens with zero attached hydrogens (tertiary/aromatic N) is 4. The lowest BCUT2D eigenvalue weighted by Crippen LogP contribution is -2.16. The third kappa shape index (κ3) is 3.80. The lowest BCUT2D eigenvalue weighted by Gasteiger charge is -2.12. The van der Waals surface area contributed by atoms with E-state index in [1.807, 2.05) is 36.0 Å². The zero-order chi connectivity index (χ0) is 20.4. The third-order valence-corrected chi connectivity index (χ3v) is 5.03. The van der Waals surface area contributed by atoms with Gasteiger partial charge in [0.15, 0.2) is 5.65 Å². The van der Waals surface area contributed by atoms with Crippen molar-refractivity contribution in [3.8, 4) is 0 Å². The molecule has 1 aliphatic heterocycles. The Morgan fingerprint density at radius 1 is 1.31 bits per heavy atom. The number of fused-ring (bicyclic) bond motifs is 2. The number of hydrogen-bond acceptors (Lipinski definition) is 6. The van der Waals surface area contributed by atoms with Gasteiger partial charge in [0, 0.05) is 38.7 Å². The molecule has 0 spiro atoms. The van der Waals surface area contributed by atoms with E-state index >= 15 is 0 Å². The molecule has 152 valence electrons. The van der Waals surface area contributed by atoms with Gasteiger partial charge in [-0.25, -0.2) is 4.98 Å². The van der Waals surface area contributed by atoms with Crippen LogP contribution < -0.4 is 10.6 Å². The van der Waals surface area contributed by atoms with Gasteiger partial charge in [0.1, 0.15) is 5.92 Å². The predicted octanol–water partition coefficient (Wildman–Crippen LogP) is 3.08. The number of rotatable bonds is 8. The summed E-state index contributed by atoms with van der Waals surface area (Å²) in [7, 11) is 1.68. The van der Waals surface area contributed by atoms with Crippen molar-refractivity contribution >= 4 is 28.6 Å². The number of ether oxygens (including phenoxy) is 1. The Balaban J connectivity index is 1.79. The van der Waals surface area contributed by atoms with Crippen LogP contribution in [-0.2, 0) is 16.1 Å². The van der Waals surface area contributed by atoms with Crippen LogP contribution in [0, 0.1) is 6.92 Å². The fourth-order valence-corrected chi connectivity index (χ4v) is 3.69. The Morgan fingerprint density at radius 2 is 2.17 bits per heavy atom. The highest BCUT2D eigenvalue weighted by Gasteiger charge is 2.35. The van der Waals surface area contributed by atoms with E-state index in [2.05, 4.69) is 27.6 Å². The Kier molecular flexibility index (Phi) is 5.44. The second-order valence-corrected chi connectivity index (χ2v) is 7.35. The van der Waals surface area contributed by atoms with E-state index in [1.54, 1.807) is 7.11 Å². The zero-order valence-electron chi connectivity index (χ0n) is 17.0. The van der Waals surface area contributed by atoms with Crippen LogP contribution in [0.25, 0.3) is 11.0 Å². The molecule has 1 amide bonds. The number of benzene rings is 1. The first-order chi connectivity index (χ1) is 14.1. The first-order valence-corrected chi connectivity index (χ1v) is 10.00. The maximum Gasteiger partial charge on any atom is 0.238 e. The zero-order valence-corrected chi connectivity index (χ0v) is 17.0. The van der Waals surface area contributed by atoms with Gasteiger partial charge in [0.2, 0.25) is 11.9 Å². The van der Waals surface area contributed by atoms with Crippen molar-refractivity contribution < 1.29 is 9.53 Å². The van der Waals surface area contributed by atoms with Crippen LogP contribution in [0.5, 0.6) is 0 Å². The van der Waals surface area contributed by atoms with Crippen LogP contribution in [0.4, 0.5) is 11.6 Å². The molecule has 1 atom stereocenters. The Morgan fingerprint density at radius 3 is 2.97 bits per heavy atom. The monoisotopic (exact) mass is 394 g/mol. The van der Waals surface area contributed by atoms with E-state index in [9.17, 15) is 4.79 Å². The summed E-state index contributed by atoms with van der Waals surface area (Å²) in [5.41, 5.74) is 4.19. The molecule has 3 heterocycles. The number of carbonyl (C=O) groups excluding carboxylic acids is 1. The first kappa shape index (κ1) is 19.3. The highest BCUT2D eigenvalue weighted by molar-refractivity contribution is 6.06. The van der Waals surface area contributed by atoms with Crippen molar-refractivity contribution in [2.24, 2.45) is 0 Å². The van der Waals surface area contributed by atoms with Gasteiger partial charge in [-0.2, -0.15) is 10.1 Å². The number of hydrogen-bond donors (Lipinski definition) is 2. The minimum absolute atomic E-state index is 0.0702. The summed E-state index contributed by atoms with van der Waals surface area (Å²) in [6.07, 6.45) is 3.75. The van der Waals surface area contributed by atoms with Crippen molar-refractivity contribution in [3.05, 3.63) is 41.2 Å². The van der Waals surface area contributed by atoms with E-state index in [1.165, 1.54) is 0 Å². The van der Waals surface area contributed by atoms with Gasteiger partial charge in [-0.3, -0.25) is 9.48 Å². The standard InChI is InChI=1S/C21H26N6O2/c1-4-9-27-12-15-18(17-14-11-13(2)6-7-16(14)23-20(17)28)24-21(25-19(15)26-27)22-8-5-10-29-3/h6-7,11-12,17H,4-5,8-10H2,1-3H3,(H,23,28)(H,22,25,26). The van der Waals surface area contributed by atoms with E-state index in [0.717, 1.165) is 41.6 Å². The van der Waals surface area contributed by atoms with Crippen molar-refractivity contribution in [1.82, 2.24) is 19.7 Å². The number of amides is 1. The second-order valence-electron chi connectivity index (χ2n) is 7.35. The van der Waals surface area contributed by atoms with Gasteiger partial charge in [-0.15, -0.1) is 0 Å². The number of nitrogens with one attached hydrogen (secondary N) is 2.